The first-order valence-electron chi connectivity index (χ1n) is 18.6. The van der Waals surface area contributed by atoms with Crippen molar-refractivity contribution < 1.29 is 8.84 Å². The van der Waals surface area contributed by atoms with Crippen LogP contribution in [-0.4, -0.2) is 25.5 Å². The van der Waals surface area contributed by atoms with E-state index in [1.807, 2.05) is 0 Å². The first kappa shape index (κ1) is 33.6. The van der Waals surface area contributed by atoms with Crippen LogP contribution in [0.5, 0.6) is 0 Å². The molecule has 0 bridgehead atoms. The van der Waals surface area contributed by atoms with Gasteiger partial charge in [-0.05, 0) is 59.0 Å². The monoisotopic (exact) mass is 687 g/mol. The normalized spacial score (nSPS) is 19.6. The van der Waals surface area contributed by atoms with Crippen molar-refractivity contribution in [2.24, 2.45) is 0 Å². The fourth-order valence-electron chi connectivity index (χ4n) is 8.34. The van der Waals surface area contributed by atoms with Crippen molar-refractivity contribution in [3.8, 4) is 22.6 Å². The molecule has 0 spiro atoms. The Bertz CT molecular complexity index is 1960. The van der Waals surface area contributed by atoms with Gasteiger partial charge in [-0.3, -0.25) is 4.90 Å². The SMILES string of the molecule is CC(C)(C)c1cccc2c1CCCC2(O[Si](c1ccccc1)c1ccccc1)N1CCCCC1c1nc(-c2ccccc2)c(-c2ccccc2)o1. The van der Waals surface area contributed by atoms with Gasteiger partial charge in [-0.25, -0.2) is 4.98 Å². The molecule has 1 aliphatic heterocycles. The van der Waals surface area contributed by atoms with E-state index in [9.17, 15) is 0 Å². The molecule has 0 saturated carbocycles. The van der Waals surface area contributed by atoms with Crippen molar-refractivity contribution in [2.75, 3.05) is 6.54 Å². The number of oxazole rings is 1. The first-order valence-corrected chi connectivity index (χ1v) is 20.0. The third-order valence-corrected chi connectivity index (χ3v) is 12.9. The Balaban J connectivity index is 1.33. The lowest BCUT2D eigenvalue weighted by Crippen LogP contribution is -2.60. The molecule has 5 heteroatoms. The van der Waals surface area contributed by atoms with E-state index in [4.69, 9.17) is 13.8 Å². The standard InChI is InChI=1S/C46H47N2O2Si/c1-45(2,3)39-29-18-30-40-38(39)28-19-32-46(40,50-51(36-24-12-6-13-25-36)37-26-14-7-15-27-37)48-33-17-16-31-41(48)44-47-42(34-20-8-4-9-21-34)43(49-44)35-22-10-5-11-23-35/h4-15,18,20-27,29-30,41H,16-17,19,28,31-33H2,1-3H3. The van der Waals surface area contributed by atoms with E-state index in [1.165, 1.54) is 27.1 Å². The quantitative estimate of drug-likeness (QED) is 0.149. The molecule has 1 fully saturated rings. The highest BCUT2D eigenvalue weighted by Gasteiger charge is 2.50. The predicted octanol–water partition coefficient (Wildman–Crippen LogP) is 9.84. The maximum atomic E-state index is 8.00. The lowest BCUT2D eigenvalue weighted by Gasteiger charge is -2.53. The van der Waals surface area contributed by atoms with Crippen LogP contribution in [0.1, 0.15) is 81.5 Å². The zero-order valence-corrected chi connectivity index (χ0v) is 31.0. The highest BCUT2D eigenvalue weighted by molar-refractivity contribution is 6.80. The van der Waals surface area contributed by atoms with Crippen LogP contribution in [-0.2, 0) is 22.0 Å². The lowest BCUT2D eigenvalue weighted by molar-refractivity contribution is -0.143. The third kappa shape index (κ3) is 6.55. The number of hydrogen-bond acceptors (Lipinski definition) is 4. The van der Waals surface area contributed by atoms with Gasteiger partial charge in [-0.2, -0.15) is 0 Å². The molecule has 6 aromatic rings. The fourth-order valence-corrected chi connectivity index (χ4v) is 10.6. The van der Waals surface area contributed by atoms with Gasteiger partial charge in [0.05, 0.1) is 6.04 Å². The number of benzene rings is 5. The number of nitrogens with zero attached hydrogens (tertiary/aromatic N) is 2. The molecule has 2 aliphatic rings. The van der Waals surface area contributed by atoms with Crippen molar-refractivity contribution >= 4 is 19.4 Å². The molecule has 257 valence electrons. The second kappa shape index (κ2) is 14.2. The summed E-state index contributed by atoms with van der Waals surface area (Å²) in [5.41, 5.74) is 6.55. The maximum Gasteiger partial charge on any atom is 0.285 e. The largest absolute Gasteiger partial charge is 0.438 e. The Morgan fingerprint density at radius 1 is 0.706 bits per heavy atom. The molecule has 8 rings (SSSR count). The number of aromatic nitrogens is 1. The van der Waals surface area contributed by atoms with Crippen molar-refractivity contribution in [3.05, 3.63) is 162 Å². The summed E-state index contributed by atoms with van der Waals surface area (Å²) in [7, 11) is -1.68. The number of hydrogen-bond donors (Lipinski definition) is 0. The summed E-state index contributed by atoms with van der Waals surface area (Å²) in [6.45, 7) is 7.94. The molecule has 1 aromatic heterocycles. The van der Waals surface area contributed by atoms with Crippen molar-refractivity contribution in [1.82, 2.24) is 9.88 Å². The highest BCUT2D eigenvalue weighted by atomic mass is 28.3. The number of fused-ring (bicyclic) bond motifs is 1. The molecule has 1 radical (unpaired) electrons. The molecule has 4 nitrogen and oxygen atoms in total. The molecule has 2 unspecified atom stereocenters. The summed E-state index contributed by atoms with van der Waals surface area (Å²) < 4.78 is 15.0. The van der Waals surface area contributed by atoms with Crippen LogP contribution in [0.2, 0.25) is 0 Å². The topological polar surface area (TPSA) is 38.5 Å². The molecule has 2 heterocycles. The summed E-state index contributed by atoms with van der Waals surface area (Å²) >= 11 is 0. The minimum Gasteiger partial charge on any atom is -0.438 e. The Labute approximate surface area is 304 Å². The molecule has 1 aliphatic carbocycles. The third-order valence-electron chi connectivity index (χ3n) is 10.7. The van der Waals surface area contributed by atoms with Crippen molar-refractivity contribution in [2.45, 2.75) is 76.5 Å². The summed E-state index contributed by atoms with van der Waals surface area (Å²) in [5.74, 6) is 1.61. The minimum absolute atomic E-state index is 0.0140. The Kier molecular flexibility index (Phi) is 9.37. The van der Waals surface area contributed by atoms with Crippen LogP contribution in [0.25, 0.3) is 22.6 Å². The van der Waals surface area contributed by atoms with Crippen molar-refractivity contribution in [3.63, 3.8) is 0 Å². The molecule has 0 N–H and O–H groups in total. The summed E-state index contributed by atoms with van der Waals surface area (Å²) in [4.78, 5) is 8.08. The smallest absolute Gasteiger partial charge is 0.285 e. The zero-order valence-electron chi connectivity index (χ0n) is 30.0. The minimum atomic E-state index is -1.68. The van der Waals surface area contributed by atoms with Gasteiger partial charge in [0, 0.05) is 23.2 Å². The van der Waals surface area contributed by atoms with Gasteiger partial charge in [0.2, 0.25) is 5.89 Å². The molecular weight excluding hydrogens is 641 g/mol. The predicted molar refractivity (Wildman–Crippen MR) is 209 cm³/mol. The van der Waals surface area contributed by atoms with Crippen LogP contribution in [0.4, 0.5) is 0 Å². The van der Waals surface area contributed by atoms with Gasteiger partial charge >= 0.3 is 0 Å². The Morgan fingerprint density at radius 3 is 1.94 bits per heavy atom. The second-order valence-electron chi connectivity index (χ2n) is 15.0. The van der Waals surface area contributed by atoms with E-state index in [2.05, 4.69) is 165 Å². The van der Waals surface area contributed by atoms with E-state index in [0.717, 1.165) is 73.5 Å². The number of rotatable bonds is 8. The summed E-state index contributed by atoms with van der Waals surface area (Å²) in [5, 5.41) is 2.52. The van der Waals surface area contributed by atoms with E-state index >= 15 is 0 Å². The van der Waals surface area contributed by atoms with E-state index in [1.54, 1.807) is 0 Å². The fraction of sp³-hybridized carbons (Fsp3) is 0.283. The average molecular weight is 688 g/mol. The van der Waals surface area contributed by atoms with Gasteiger partial charge in [-0.15, -0.1) is 0 Å². The van der Waals surface area contributed by atoms with Crippen LogP contribution in [0.3, 0.4) is 0 Å². The lowest BCUT2D eigenvalue weighted by atomic mass is 9.74. The summed E-state index contributed by atoms with van der Waals surface area (Å²) in [6.07, 6.45) is 6.20. The van der Waals surface area contributed by atoms with E-state index in [-0.39, 0.29) is 11.5 Å². The van der Waals surface area contributed by atoms with Gasteiger partial charge in [0.25, 0.3) is 9.04 Å². The second-order valence-corrected chi connectivity index (χ2v) is 17.1. The van der Waals surface area contributed by atoms with E-state index < -0.39 is 14.8 Å². The first-order chi connectivity index (χ1) is 24.9. The zero-order chi connectivity index (χ0) is 34.8. The number of piperidine rings is 1. The molecular formula is C46H47N2O2Si. The highest BCUT2D eigenvalue weighted by Crippen LogP contribution is 2.50. The molecule has 5 aromatic carbocycles. The van der Waals surface area contributed by atoms with Gasteiger partial charge in [-0.1, -0.05) is 167 Å². The van der Waals surface area contributed by atoms with Crippen LogP contribution < -0.4 is 10.4 Å². The van der Waals surface area contributed by atoms with Crippen LogP contribution in [0, 0.1) is 0 Å². The average Bonchev–Trinajstić information content (AvgIpc) is 3.63. The number of likely N-dealkylation sites (tertiary alicyclic amines) is 1. The molecule has 2 atom stereocenters. The summed E-state index contributed by atoms with van der Waals surface area (Å²) in [6, 6.07) is 49.7. The maximum absolute atomic E-state index is 8.00. The van der Waals surface area contributed by atoms with Gasteiger partial charge in [0.1, 0.15) is 11.4 Å². The molecule has 1 saturated heterocycles. The van der Waals surface area contributed by atoms with Gasteiger partial charge < -0.3 is 8.84 Å². The van der Waals surface area contributed by atoms with Gasteiger partial charge in [0.15, 0.2) is 5.76 Å². The Morgan fingerprint density at radius 2 is 1.31 bits per heavy atom. The van der Waals surface area contributed by atoms with Crippen molar-refractivity contribution in [1.29, 1.82) is 0 Å². The van der Waals surface area contributed by atoms with E-state index in [0.29, 0.717) is 0 Å². The molecule has 51 heavy (non-hydrogen) atoms. The van der Waals surface area contributed by atoms with Crippen LogP contribution in [0.15, 0.2) is 144 Å². The van der Waals surface area contributed by atoms with Crippen LogP contribution >= 0.6 is 0 Å². The molecule has 0 amide bonds. The Hall–Kier alpha value is -4.55.